The fourth-order valence-electron chi connectivity index (χ4n) is 2.89. The van der Waals surface area contributed by atoms with Gasteiger partial charge in [-0.05, 0) is 30.7 Å². The molecule has 0 atom stereocenters. The van der Waals surface area contributed by atoms with Gasteiger partial charge >= 0.3 is 0 Å². The molecule has 0 bridgehead atoms. The second-order valence-corrected chi connectivity index (χ2v) is 6.70. The zero-order valence-electron chi connectivity index (χ0n) is 15.0. The number of nitrogens with zero attached hydrogens (tertiary/aromatic N) is 2. The fourth-order valence-corrected chi connectivity index (χ4v) is 3.91. The first-order valence-electron chi connectivity index (χ1n) is 7.92. The topological polar surface area (TPSA) is 96.4 Å². The van der Waals surface area contributed by atoms with Gasteiger partial charge in [-0.15, -0.1) is 17.8 Å². The summed E-state index contributed by atoms with van der Waals surface area (Å²) in [6.45, 7) is 1.71. The number of carbonyl (C=O) groups is 1. The Morgan fingerprint density at radius 2 is 2.04 bits per heavy atom. The summed E-state index contributed by atoms with van der Waals surface area (Å²) in [6, 6.07) is 5.20. The molecular weight excluding hydrogens is 366 g/mol. The molecule has 0 saturated carbocycles. The Hall–Kier alpha value is -3.31. The number of methoxy groups -OCH3 is 2. The first-order valence-corrected chi connectivity index (χ1v) is 8.74. The normalized spacial score (nSPS) is 10.6. The van der Waals surface area contributed by atoms with Gasteiger partial charge in [0.25, 0.3) is 11.5 Å². The monoisotopic (exact) mass is 383 g/mol. The highest BCUT2D eigenvalue weighted by Crippen LogP contribution is 2.33. The van der Waals surface area contributed by atoms with E-state index in [0.29, 0.717) is 43.5 Å². The molecule has 8 heteroatoms. The van der Waals surface area contributed by atoms with E-state index in [9.17, 15) is 9.59 Å². The van der Waals surface area contributed by atoms with Crippen molar-refractivity contribution in [3.8, 4) is 35.2 Å². The summed E-state index contributed by atoms with van der Waals surface area (Å²) >= 11 is 1.09. The molecule has 0 aliphatic carbocycles. The summed E-state index contributed by atoms with van der Waals surface area (Å²) in [4.78, 5) is 30.1. The van der Waals surface area contributed by atoms with E-state index in [1.54, 1.807) is 25.1 Å². The Balaban J connectivity index is 2.36. The van der Waals surface area contributed by atoms with Crippen molar-refractivity contribution in [2.24, 2.45) is 5.73 Å². The number of nitrogens with two attached hydrogens (primary N) is 1. The van der Waals surface area contributed by atoms with Crippen molar-refractivity contribution in [3.63, 3.8) is 0 Å². The molecule has 0 saturated heterocycles. The summed E-state index contributed by atoms with van der Waals surface area (Å²) in [7, 11) is 3.06. The molecule has 3 rings (SSSR count). The highest BCUT2D eigenvalue weighted by atomic mass is 32.1. The second kappa shape index (κ2) is 7.13. The number of primary amides is 1. The van der Waals surface area contributed by atoms with Crippen molar-refractivity contribution >= 4 is 27.5 Å². The molecule has 0 unspecified atom stereocenters. The molecule has 2 heterocycles. The smallest absolute Gasteiger partial charge is 0.263 e. The molecule has 0 fully saturated rings. The van der Waals surface area contributed by atoms with Crippen LogP contribution in [0.25, 0.3) is 21.6 Å². The van der Waals surface area contributed by atoms with E-state index in [0.717, 1.165) is 11.3 Å². The molecule has 0 aliphatic rings. The van der Waals surface area contributed by atoms with E-state index in [1.807, 2.05) is 0 Å². The number of aromatic nitrogens is 2. The lowest BCUT2D eigenvalue weighted by Gasteiger charge is -2.13. The lowest BCUT2D eigenvalue weighted by atomic mass is 10.1. The van der Waals surface area contributed by atoms with Crippen molar-refractivity contribution in [1.82, 2.24) is 9.55 Å². The molecule has 7 nitrogen and oxygen atoms in total. The number of aryl methyl sites for hydroxylation is 1. The standard InChI is InChI=1S/C19H17N3O4S/c1-5-8-22-17(11-6-7-12(25-3)13(9-11)26-4)21-18-14(19(22)24)10(2)15(27-18)16(20)23/h1,6-7,9H,8H2,2-4H3,(H2,20,23). The van der Waals surface area contributed by atoms with Crippen molar-refractivity contribution in [2.75, 3.05) is 14.2 Å². The number of rotatable bonds is 5. The fraction of sp³-hybridized carbons (Fsp3) is 0.211. The van der Waals surface area contributed by atoms with Crippen molar-refractivity contribution in [3.05, 3.63) is 39.0 Å². The van der Waals surface area contributed by atoms with Gasteiger partial charge in [-0.2, -0.15) is 0 Å². The van der Waals surface area contributed by atoms with Crippen LogP contribution in [-0.4, -0.2) is 29.7 Å². The molecule has 0 radical (unpaired) electrons. The zero-order chi connectivity index (χ0) is 19.7. The van der Waals surface area contributed by atoms with E-state index in [4.69, 9.17) is 21.6 Å². The van der Waals surface area contributed by atoms with Crippen LogP contribution < -0.4 is 20.8 Å². The first-order chi connectivity index (χ1) is 12.9. The number of ether oxygens (including phenoxy) is 2. The third-order valence-electron chi connectivity index (χ3n) is 4.17. The quantitative estimate of drug-likeness (QED) is 0.681. The number of carbonyl (C=O) groups excluding carboxylic acids is 1. The van der Waals surface area contributed by atoms with Crippen LogP contribution in [0.5, 0.6) is 11.5 Å². The van der Waals surface area contributed by atoms with Gasteiger partial charge in [0, 0.05) is 5.56 Å². The van der Waals surface area contributed by atoms with Crippen molar-refractivity contribution < 1.29 is 14.3 Å². The van der Waals surface area contributed by atoms with Gasteiger partial charge in [-0.3, -0.25) is 14.2 Å². The lowest BCUT2D eigenvalue weighted by Crippen LogP contribution is -2.23. The summed E-state index contributed by atoms with van der Waals surface area (Å²) in [5, 5.41) is 0.355. The molecule has 3 aromatic rings. The molecule has 2 N–H and O–H groups in total. The highest BCUT2D eigenvalue weighted by Gasteiger charge is 2.21. The number of fused-ring (bicyclic) bond motifs is 1. The predicted molar refractivity (Wildman–Crippen MR) is 105 cm³/mol. The van der Waals surface area contributed by atoms with Crippen LogP contribution in [0.2, 0.25) is 0 Å². The van der Waals surface area contributed by atoms with E-state index >= 15 is 0 Å². The molecule has 27 heavy (non-hydrogen) atoms. The number of amides is 1. The summed E-state index contributed by atoms with van der Waals surface area (Å²) in [5.74, 6) is 3.31. The van der Waals surface area contributed by atoms with E-state index in [1.165, 1.54) is 18.8 Å². The number of hydrogen-bond donors (Lipinski definition) is 1. The molecule has 138 valence electrons. The van der Waals surface area contributed by atoms with Crippen molar-refractivity contribution in [2.45, 2.75) is 13.5 Å². The van der Waals surface area contributed by atoms with E-state index < -0.39 is 5.91 Å². The largest absolute Gasteiger partial charge is 0.493 e. The molecule has 1 aromatic carbocycles. The number of hydrogen-bond acceptors (Lipinski definition) is 6. The molecule has 2 aromatic heterocycles. The zero-order valence-corrected chi connectivity index (χ0v) is 15.8. The Labute approximate surface area is 159 Å². The first kappa shape index (κ1) is 18.5. The maximum absolute atomic E-state index is 13.1. The van der Waals surface area contributed by atoms with Gasteiger partial charge in [0.2, 0.25) is 0 Å². The van der Waals surface area contributed by atoms with Gasteiger partial charge in [0.05, 0.1) is 31.0 Å². The van der Waals surface area contributed by atoms with Gasteiger partial charge in [-0.25, -0.2) is 4.98 Å². The Kier molecular flexibility index (Phi) is 4.88. The lowest BCUT2D eigenvalue weighted by molar-refractivity contribution is 0.100. The van der Waals surface area contributed by atoms with Gasteiger partial charge in [0.1, 0.15) is 10.7 Å². The number of benzene rings is 1. The second-order valence-electron chi connectivity index (χ2n) is 5.70. The maximum atomic E-state index is 13.1. The van der Waals surface area contributed by atoms with Crippen molar-refractivity contribution in [1.29, 1.82) is 0 Å². The Morgan fingerprint density at radius 3 is 2.63 bits per heavy atom. The summed E-state index contributed by atoms with van der Waals surface area (Å²) in [6.07, 6.45) is 5.46. The van der Waals surface area contributed by atoms with Crippen LogP contribution in [0.4, 0.5) is 0 Å². The molecule has 0 aliphatic heterocycles. The Bertz CT molecular complexity index is 1150. The summed E-state index contributed by atoms with van der Waals surface area (Å²) in [5.41, 5.74) is 6.25. The van der Waals surface area contributed by atoms with E-state index in [-0.39, 0.29) is 12.1 Å². The minimum atomic E-state index is -0.592. The third-order valence-corrected chi connectivity index (χ3v) is 5.37. The average molecular weight is 383 g/mol. The van der Waals surface area contributed by atoms with Crippen LogP contribution in [0.1, 0.15) is 15.2 Å². The highest BCUT2D eigenvalue weighted by molar-refractivity contribution is 7.20. The average Bonchev–Trinajstić information content (AvgIpc) is 3.00. The minimum absolute atomic E-state index is 0.0344. The van der Waals surface area contributed by atoms with Gasteiger partial charge < -0.3 is 15.2 Å². The molecular formula is C19H17N3O4S. The van der Waals surface area contributed by atoms with Gasteiger partial charge in [0.15, 0.2) is 11.5 Å². The maximum Gasteiger partial charge on any atom is 0.263 e. The Morgan fingerprint density at radius 1 is 1.33 bits per heavy atom. The van der Waals surface area contributed by atoms with Crippen LogP contribution in [0.3, 0.4) is 0 Å². The van der Waals surface area contributed by atoms with Gasteiger partial charge in [-0.1, -0.05) is 5.92 Å². The minimum Gasteiger partial charge on any atom is -0.493 e. The van der Waals surface area contributed by atoms with E-state index in [2.05, 4.69) is 10.9 Å². The van der Waals surface area contributed by atoms with Crippen LogP contribution in [0, 0.1) is 19.3 Å². The van der Waals surface area contributed by atoms with Crippen LogP contribution in [-0.2, 0) is 6.54 Å². The summed E-state index contributed by atoms with van der Waals surface area (Å²) < 4.78 is 12.0. The molecule has 1 amide bonds. The third kappa shape index (κ3) is 3.02. The SMILES string of the molecule is C#CCn1c(-c2ccc(OC)c(OC)c2)nc2sc(C(N)=O)c(C)c2c1=O. The van der Waals surface area contributed by atoms with Crippen LogP contribution in [0.15, 0.2) is 23.0 Å². The number of terminal acetylenes is 1. The predicted octanol–water partition coefficient (Wildman–Crippen LogP) is 2.18. The number of thiophene rings is 1. The van der Waals surface area contributed by atoms with Crippen LogP contribution >= 0.6 is 11.3 Å². The molecule has 0 spiro atoms.